The van der Waals surface area contributed by atoms with Gasteiger partial charge < -0.3 is 9.47 Å². The quantitative estimate of drug-likeness (QED) is 0.762. The van der Waals surface area contributed by atoms with Gasteiger partial charge in [0.25, 0.3) is 0 Å². The molecule has 16 heavy (non-hydrogen) atoms. The second-order valence-electron chi connectivity index (χ2n) is 3.77. The van der Waals surface area contributed by atoms with Crippen LogP contribution in [0.15, 0.2) is 6.07 Å². The lowest BCUT2D eigenvalue weighted by atomic mass is 10.1. The first-order chi connectivity index (χ1) is 7.67. The van der Waals surface area contributed by atoms with Crippen LogP contribution in [-0.2, 0) is 6.42 Å². The van der Waals surface area contributed by atoms with Gasteiger partial charge in [0.05, 0.1) is 12.2 Å². The molecule has 0 N–H and O–H groups in total. The van der Waals surface area contributed by atoms with E-state index in [0.29, 0.717) is 28.7 Å². The number of fused-ring (bicyclic) bond motifs is 1. The lowest BCUT2D eigenvalue weighted by Crippen LogP contribution is -2.06. The summed E-state index contributed by atoms with van der Waals surface area (Å²) in [6, 6.07) is 1.64. The van der Waals surface area contributed by atoms with Crippen molar-refractivity contribution in [3.05, 3.63) is 22.2 Å². The van der Waals surface area contributed by atoms with E-state index < -0.39 is 0 Å². The molecule has 0 saturated carbocycles. The molecule has 1 atom stereocenters. The van der Waals surface area contributed by atoms with E-state index >= 15 is 0 Å². The van der Waals surface area contributed by atoms with Crippen molar-refractivity contribution >= 4 is 17.9 Å². The van der Waals surface area contributed by atoms with E-state index in [-0.39, 0.29) is 6.10 Å². The molecule has 1 aromatic rings. The number of halogens is 1. The minimum atomic E-state index is 0.0774. The monoisotopic (exact) mass is 240 g/mol. The Kier molecular flexibility index (Phi) is 3.06. The predicted octanol–water partition coefficient (Wildman–Crippen LogP) is 2.87. The Morgan fingerprint density at radius 2 is 2.44 bits per heavy atom. The first-order valence-corrected chi connectivity index (χ1v) is 5.65. The van der Waals surface area contributed by atoms with Crippen molar-refractivity contribution in [1.82, 2.24) is 0 Å². The number of hydrogen-bond acceptors (Lipinski definition) is 3. The Morgan fingerprint density at radius 3 is 3.06 bits per heavy atom. The zero-order valence-electron chi connectivity index (χ0n) is 9.25. The molecule has 0 fully saturated rings. The molecule has 1 aliphatic rings. The molecule has 2 rings (SSSR count). The summed E-state index contributed by atoms with van der Waals surface area (Å²) in [6.07, 6.45) is 1.57. The van der Waals surface area contributed by atoms with Gasteiger partial charge in [0.2, 0.25) is 0 Å². The highest BCUT2D eigenvalue weighted by atomic mass is 35.5. The third-order valence-electron chi connectivity index (χ3n) is 2.54. The van der Waals surface area contributed by atoms with Gasteiger partial charge in [-0.15, -0.1) is 0 Å². The van der Waals surface area contributed by atoms with Crippen molar-refractivity contribution in [2.45, 2.75) is 26.4 Å². The van der Waals surface area contributed by atoms with E-state index in [1.807, 2.05) is 13.8 Å². The lowest BCUT2D eigenvalue weighted by Gasteiger charge is -2.12. The number of rotatable bonds is 3. The molecule has 0 spiro atoms. The van der Waals surface area contributed by atoms with Crippen molar-refractivity contribution in [1.29, 1.82) is 0 Å². The molecule has 1 aromatic carbocycles. The fourth-order valence-electron chi connectivity index (χ4n) is 1.89. The third kappa shape index (κ3) is 1.76. The van der Waals surface area contributed by atoms with Crippen LogP contribution < -0.4 is 9.47 Å². The Hall–Kier alpha value is -1.22. The fourth-order valence-corrected chi connectivity index (χ4v) is 2.17. The van der Waals surface area contributed by atoms with Crippen LogP contribution >= 0.6 is 11.6 Å². The van der Waals surface area contributed by atoms with E-state index in [2.05, 4.69) is 0 Å². The highest BCUT2D eigenvalue weighted by Crippen LogP contribution is 2.44. The minimum absolute atomic E-state index is 0.0774. The molecule has 1 unspecified atom stereocenters. The summed E-state index contributed by atoms with van der Waals surface area (Å²) < 4.78 is 11.1. The van der Waals surface area contributed by atoms with Gasteiger partial charge in [0, 0.05) is 17.0 Å². The highest BCUT2D eigenvalue weighted by molar-refractivity contribution is 6.32. The largest absolute Gasteiger partial charge is 0.489 e. The molecule has 0 bridgehead atoms. The van der Waals surface area contributed by atoms with Crippen LogP contribution in [-0.4, -0.2) is 19.0 Å². The number of benzene rings is 1. The van der Waals surface area contributed by atoms with Gasteiger partial charge in [-0.25, -0.2) is 0 Å². The van der Waals surface area contributed by atoms with E-state index in [4.69, 9.17) is 21.1 Å². The standard InChI is InChI=1S/C12H13ClO3/c1-3-15-11-8(6-14)5-10(13)9-4-7(2)16-12(9)11/h5-7H,3-4H2,1-2H3. The van der Waals surface area contributed by atoms with Gasteiger partial charge >= 0.3 is 0 Å². The maximum absolute atomic E-state index is 10.9. The second kappa shape index (κ2) is 4.34. The summed E-state index contributed by atoms with van der Waals surface area (Å²) in [4.78, 5) is 10.9. The van der Waals surface area contributed by atoms with E-state index in [1.54, 1.807) is 6.07 Å². The van der Waals surface area contributed by atoms with Crippen molar-refractivity contribution in [2.24, 2.45) is 0 Å². The molecule has 3 nitrogen and oxygen atoms in total. The van der Waals surface area contributed by atoms with Gasteiger partial charge in [-0.05, 0) is 19.9 Å². The van der Waals surface area contributed by atoms with Crippen LogP contribution in [0.1, 0.15) is 29.8 Å². The van der Waals surface area contributed by atoms with Gasteiger partial charge in [-0.2, -0.15) is 0 Å². The molecule has 0 saturated heterocycles. The minimum Gasteiger partial charge on any atom is -0.489 e. The molecule has 1 heterocycles. The molecule has 86 valence electrons. The number of aldehydes is 1. The topological polar surface area (TPSA) is 35.5 Å². The number of carbonyl (C=O) groups is 1. The van der Waals surface area contributed by atoms with Gasteiger partial charge in [0.1, 0.15) is 6.10 Å². The summed E-state index contributed by atoms with van der Waals surface area (Å²) in [5, 5.41) is 0.574. The average molecular weight is 241 g/mol. The van der Waals surface area contributed by atoms with Gasteiger partial charge in [-0.1, -0.05) is 11.6 Å². The Bertz CT molecular complexity index is 429. The van der Waals surface area contributed by atoms with Crippen LogP contribution in [0.25, 0.3) is 0 Å². The molecule has 4 heteroatoms. The third-order valence-corrected chi connectivity index (χ3v) is 2.88. The maximum atomic E-state index is 10.9. The van der Waals surface area contributed by atoms with Crippen molar-refractivity contribution in [2.75, 3.05) is 6.61 Å². The average Bonchev–Trinajstić information content (AvgIpc) is 2.64. The van der Waals surface area contributed by atoms with Crippen molar-refractivity contribution < 1.29 is 14.3 Å². The summed E-state index contributed by atoms with van der Waals surface area (Å²) >= 11 is 6.10. The zero-order chi connectivity index (χ0) is 11.7. The molecule has 0 aromatic heterocycles. The highest BCUT2D eigenvalue weighted by Gasteiger charge is 2.28. The van der Waals surface area contributed by atoms with E-state index in [1.165, 1.54) is 0 Å². The number of carbonyl (C=O) groups excluding carboxylic acids is 1. The first-order valence-electron chi connectivity index (χ1n) is 5.27. The van der Waals surface area contributed by atoms with Crippen LogP contribution in [0, 0.1) is 0 Å². The van der Waals surface area contributed by atoms with Crippen LogP contribution in [0.3, 0.4) is 0 Å². The number of hydrogen-bond donors (Lipinski definition) is 0. The van der Waals surface area contributed by atoms with Crippen LogP contribution in [0.4, 0.5) is 0 Å². The molecular weight excluding hydrogens is 228 g/mol. The maximum Gasteiger partial charge on any atom is 0.172 e. The SMILES string of the molecule is CCOc1c(C=O)cc(Cl)c2c1OC(C)C2. The van der Waals surface area contributed by atoms with Crippen LogP contribution in [0.5, 0.6) is 11.5 Å². The Balaban J connectivity index is 2.57. The molecule has 0 amide bonds. The molecule has 1 aliphatic heterocycles. The normalized spacial score (nSPS) is 17.8. The Labute approximate surface area is 99.3 Å². The predicted molar refractivity (Wildman–Crippen MR) is 61.8 cm³/mol. The molecular formula is C12H13ClO3. The summed E-state index contributed by atoms with van der Waals surface area (Å²) in [7, 11) is 0. The number of ether oxygens (including phenoxy) is 2. The van der Waals surface area contributed by atoms with E-state index in [0.717, 1.165) is 18.3 Å². The van der Waals surface area contributed by atoms with Crippen molar-refractivity contribution in [3.8, 4) is 11.5 Å². The Morgan fingerprint density at radius 1 is 1.69 bits per heavy atom. The molecule has 0 radical (unpaired) electrons. The van der Waals surface area contributed by atoms with Gasteiger partial charge in [0.15, 0.2) is 17.8 Å². The van der Waals surface area contributed by atoms with Crippen molar-refractivity contribution in [3.63, 3.8) is 0 Å². The van der Waals surface area contributed by atoms with Crippen LogP contribution in [0.2, 0.25) is 5.02 Å². The van der Waals surface area contributed by atoms with E-state index in [9.17, 15) is 4.79 Å². The zero-order valence-corrected chi connectivity index (χ0v) is 10.0. The summed E-state index contributed by atoms with van der Waals surface area (Å²) in [5.41, 5.74) is 1.38. The van der Waals surface area contributed by atoms with Gasteiger partial charge in [-0.3, -0.25) is 4.79 Å². The fraction of sp³-hybridized carbons (Fsp3) is 0.417. The molecule has 0 aliphatic carbocycles. The lowest BCUT2D eigenvalue weighted by molar-refractivity contribution is 0.111. The summed E-state index contributed by atoms with van der Waals surface area (Å²) in [6.45, 7) is 4.33. The summed E-state index contributed by atoms with van der Waals surface area (Å²) in [5.74, 6) is 1.14. The second-order valence-corrected chi connectivity index (χ2v) is 4.18. The smallest absolute Gasteiger partial charge is 0.172 e. The first kappa shape index (κ1) is 11.3.